The Morgan fingerprint density at radius 3 is 2.39 bits per heavy atom. The van der Waals surface area contributed by atoms with Gasteiger partial charge in [0.2, 0.25) is 0 Å². The van der Waals surface area contributed by atoms with Crippen molar-refractivity contribution < 1.29 is 24.3 Å². The molecule has 0 spiro atoms. The smallest absolute Gasteiger partial charge is 0.323 e. The van der Waals surface area contributed by atoms with E-state index in [1.807, 2.05) is 0 Å². The normalized spacial score (nSPS) is 10.4. The molecule has 94 valence electrons. The topological polar surface area (TPSA) is 104 Å². The lowest BCUT2D eigenvalue weighted by Gasteiger charge is -2.16. The molecule has 1 heterocycles. The van der Waals surface area contributed by atoms with Gasteiger partial charge in [-0.05, 0) is 12.1 Å². The van der Waals surface area contributed by atoms with Gasteiger partial charge in [0.15, 0.2) is 11.4 Å². The highest BCUT2D eigenvalue weighted by Crippen LogP contribution is 2.25. The van der Waals surface area contributed by atoms with Crippen LogP contribution in [0.2, 0.25) is 0 Å². The Bertz CT molecular complexity index is 576. The summed E-state index contributed by atoms with van der Waals surface area (Å²) in [7, 11) is 0. The maximum absolute atomic E-state index is 10.7. The van der Waals surface area contributed by atoms with Crippen molar-refractivity contribution in [2.75, 3.05) is 18.0 Å². The average molecular weight is 250 g/mol. The average Bonchev–Trinajstić information content (AvgIpc) is 2.70. The van der Waals surface area contributed by atoms with Gasteiger partial charge in [-0.1, -0.05) is 17.3 Å². The van der Waals surface area contributed by atoms with Gasteiger partial charge >= 0.3 is 11.9 Å². The molecule has 2 rings (SSSR count). The maximum Gasteiger partial charge on any atom is 0.323 e. The summed E-state index contributed by atoms with van der Waals surface area (Å²) in [5.41, 5.74) is 0.480. The van der Waals surface area contributed by atoms with Crippen LogP contribution in [0.15, 0.2) is 28.8 Å². The van der Waals surface area contributed by atoms with Gasteiger partial charge in [0.1, 0.15) is 13.1 Å². The summed E-state index contributed by atoms with van der Waals surface area (Å²) in [6.07, 6.45) is 0. The highest BCUT2D eigenvalue weighted by molar-refractivity contribution is 5.91. The second-order valence-electron chi connectivity index (χ2n) is 3.65. The van der Waals surface area contributed by atoms with E-state index in [2.05, 4.69) is 5.16 Å². The van der Waals surface area contributed by atoms with Crippen molar-refractivity contribution in [1.29, 1.82) is 0 Å². The van der Waals surface area contributed by atoms with Crippen molar-refractivity contribution in [3.63, 3.8) is 0 Å². The van der Waals surface area contributed by atoms with Gasteiger partial charge in [0.25, 0.3) is 0 Å². The molecule has 7 heteroatoms. The van der Waals surface area contributed by atoms with Crippen LogP contribution in [0, 0.1) is 0 Å². The van der Waals surface area contributed by atoms with Crippen molar-refractivity contribution in [3.8, 4) is 0 Å². The molecule has 0 aliphatic rings. The molecule has 0 radical (unpaired) electrons. The number of aliphatic carboxylic acids is 2. The monoisotopic (exact) mass is 250 g/mol. The van der Waals surface area contributed by atoms with Crippen LogP contribution in [0.5, 0.6) is 0 Å². The number of hydrogen-bond acceptors (Lipinski definition) is 5. The van der Waals surface area contributed by atoms with Gasteiger partial charge in [-0.15, -0.1) is 0 Å². The molecule has 0 saturated carbocycles. The Kier molecular flexibility index (Phi) is 3.13. The van der Waals surface area contributed by atoms with E-state index < -0.39 is 25.0 Å². The Hall–Kier alpha value is -2.57. The number of rotatable bonds is 5. The summed E-state index contributed by atoms with van der Waals surface area (Å²) < 4.78 is 5.02. The number of hydrogen-bond donors (Lipinski definition) is 2. The van der Waals surface area contributed by atoms with Crippen molar-refractivity contribution in [2.24, 2.45) is 0 Å². The summed E-state index contributed by atoms with van der Waals surface area (Å²) in [4.78, 5) is 22.6. The molecule has 1 aromatic heterocycles. The van der Waals surface area contributed by atoms with E-state index >= 15 is 0 Å². The van der Waals surface area contributed by atoms with E-state index in [4.69, 9.17) is 14.7 Å². The second kappa shape index (κ2) is 4.74. The van der Waals surface area contributed by atoms with E-state index in [0.29, 0.717) is 11.0 Å². The Morgan fingerprint density at radius 2 is 1.78 bits per heavy atom. The largest absolute Gasteiger partial charge is 0.480 e. The summed E-state index contributed by atoms with van der Waals surface area (Å²) in [6.45, 7) is -0.911. The van der Waals surface area contributed by atoms with Crippen LogP contribution in [-0.4, -0.2) is 40.4 Å². The number of aromatic nitrogens is 1. The van der Waals surface area contributed by atoms with E-state index in [0.717, 1.165) is 4.90 Å². The number of carboxylic acid groups (broad SMARTS) is 2. The molecular weight excluding hydrogens is 240 g/mol. The van der Waals surface area contributed by atoms with Crippen LogP contribution in [-0.2, 0) is 9.59 Å². The van der Waals surface area contributed by atoms with E-state index in [-0.39, 0.29) is 5.82 Å². The SMILES string of the molecule is O=C(O)CN(CC(=O)O)c1noc2ccccc12. The van der Waals surface area contributed by atoms with E-state index in [9.17, 15) is 9.59 Å². The molecule has 0 amide bonds. The lowest BCUT2D eigenvalue weighted by molar-refractivity contribution is -0.136. The fourth-order valence-electron chi connectivity index (χ4n) is 1.63. The molecule has 18 heavy (non-hydrogen) atoms. The minimum absolute atomic E-state index is 0.218. The fourth-order valence-corrected chi connectivity index (χ4v) is 1.63. The first-order valence-electron chi connectivity index (χ1n) is 5.11. The third-order valence-electron chi connectivity index (χ3n) is 2.31. The van der Waals surface area contributed by atoms with Crippen molar-refractivity contribution in [3.05, 3.63) is 24.3 Å². The predicted molar refractivity (Wildman–Crippen MR) is 61.5 cm³/mol. The maximum atomic E-state index is 10.7. The van der Waals surface area contributed by atoms with Crippen LogP contribution >= 0.6 is 0 Å². The van der Waals surface area contributed by atoms with Gasteiger partial charge in [0.05, 0.1) is 5.39 Å². The van der Waals surface area contributed by atoms with Gasteiger partial charge < -0.3 is 19.6 Å². The lowest BCUT2D eigenvalue weighted by Crippen LogP contribution is -2.34. The molecule has 7 nitrogen and oxygen atoms in total. The zero-order chi connectivity index (χ0) is 13.1. The molecular formula is C11H10N2O5. The molecule has 0 atom stereocenters. The van der Waals surface area contributed by atoms with Crippen LogP contribution in [0.1, 0.15) is 0 Å². The quantitative estimate of drug-likeness (QED) is 0.808. The van der Waals surface area contributed by atoms with Gasteiger partial charge in [0, 0.05) is 0 Å². The minimum atomic E-state index is -1.14. The zero-order valence-electron chi connectivity index (χ0n) is 9.24. The molecule has 0 unspecified atom stereocenters. The summed E-state index contributed by atoms with van der Waals surface area (Å²) in [5.74, 6) is -2.05. The molecule has 0 saturated heterocycles. The molecule has 2 N–H and O–H groups in total. The molecule has 0 fully saturated rings. The van der Waals surface area contributed by atoms with Crippen LogP contribution in [0.3, 0.4) is 0 Å². The van der Waals surface area contributed by atoms with Gasteiger partial charge in [-0.2, -0.15) is 0 Å². The van der Waals surface area contributed by atoms with Crippen LogP contribution < -0.4 is 4.90 Å². The number of carboxylic acids is 2. The van der Waals surface area contributed by atoms with Gasteiger partial charge in [-0.3, -0.25) is 9.59 Å². The number of nitrogens with zero attached hydrogens (tertiary/aromatic N) is 2. The Morgan fingerprint density at radius 1 is 1.17 bits per heavy atom. The summed E-state index contributed by atoms with van der Waals surface area (Å²) >= 11 is 0. The Balaban J connectivity index is 2.40. The second-order valence-corrected chi connectivity index (χ2v) is 3.65. The standard InChI is InChI=1S/C11H10N2O5/c14-9(15)5-13(6-10(16)17)11-7-3-1-2-4-8(7)18-12-11/h1-4H,5-6H2,(H,14,15)(H,16,17). The minimum Gasteiger partial charge on any atom is -0.480 e. The number of para-hydroxylation sites is 1. The number of carbonyl (C=O) groups is 2. The zero-order valence-corrected chi connectivity index (χ0v) is 9.24. The lowest BCUT2D eigenvalue weighted by atomic mass is 10.2. The first kappa shape index (κ1) is 11.9. The first-order chi connectivity index (χ1) is 8.58. The van der Waals surface area contributed by atoms with Crippen LogP contribution in [0.25, 0.3) is 11.0 Å². The van der Waals surface area contributed by atoms with Crippen molar-refractivity contribution in [1.82, 2.24) is 5.16 Å². The third kappa shape index (κ3) is 2.40. The van der Waals surface area contributed by atoms with Crippen molar-refractivity contribution in [2.45, 2.75) is 0 Å². The Labute approximate surface area is 101 Å². The molecule has 0 aliphatic carbocycles. The fraction of sp³-hybridized carbons (Fsp3) is 0.182. The summed E-state index contributed by atoms with van der Waals surface area (Å²) in [5, 5.41) is 21.9. The highest BCUT2D eigenvalue weighted by atomic mass is 16.5. The summed E-state index contributed by atoms with van der Waals surface area (Å²) in [6, 6.07) is 6.85. The molecule has 2 aromatic rings. The molecule has 0 bridgehead atoms. The molecule has 0 aliphatic heterocycles. The first-order valence-corrected chi connectivity index (χ1v) is 5.11. The number of benzene rings is 1. The predicted octanol–water partition coefficient (Wildman–Crippen LogP) is 0.803. The molecule has 1 aromatic carbocycles. The number of fused-ring (bicyclic) bond motifs is 1. The van der Waals surface area contributed by atoms with E-state index in [1.54, 1.807) is 24.3 Å². The number of anilines is 1. The van der Waals surface area contributed by atoms with E-state index in [1.165, 1.54) is 0 Å². The van der Waals surface area contributed by atoms with Crippen LogP contribution in [0.4, 0.5) is 5.82 Å². The third-order valence-corrected chi connectivity index (χ3v) is 2.31. The highest BCUT2D eigenvalue weighted by Gasteiger charge is 2.20. The van der Waals surface area contributed by atoms with Crippen molar-refractivity contribution >= 4 is 28.7 Å². The van der Waals surface area contributed by atoms with Gasteiger partial charge in [-0.25, -0.2) is 0 Å².